The van der Waals surface area contributed by atoms with Gasteiger partial charge in [-0.1, -0.05) is 54.6 Å². The Labute approximate surface area is 193 Å². The fraction of sp³-hybridized carbons (Fsp3) is 0.357. The number of likely N-dealkylation sites (tertiary alicyclic amines) is 1. The summed E-state index contributed by atoms with van der Waals surface area (Å²) >= 11 is 0. The zero-order chi connectivity index (χ0) is 22.8. The van der Waals surface area contributed by atoms with Gasteiger partial charge in [0.25, 0.3) is 0 Å². The van der Waals surface area contributed by atoms with Crippen molar-refractivity contribution in [1.29, 1.82) is 0 Å². The molecule has 2 fully saturated rings. The van der Waals surface area contributed by atoms with Gasteiger partial charge in [-0.05, 0) is 59.7 Å². The number of fused-ring (bicyclic) bond motifs is 1. The summed E-state index contributed by atoms with van der Waals surface area (Å²) in [6.45, 7) is 1.40. The lowest BCUT2D eigenvalue weighted by molar-refractivity contribution is -0.131. The fourth-order valence-corrected chi connectivity index (χ4v) is 5.42. The van der Waals surface area contributed by atoms with Gasteiger partial charge < -0.3 is 10.2 Å². The summed E-state index contributed by atoms with van der Waals surface area (Å²) in [5, 5.41) is 5.59. The van der Waals surface area contributed by atoms with E-state index in [0.717, 1.165) is 31.4 Å². The first kappa shape index (κ1) is 21.6. The van der Waals surface area contributed by atoms with Crippen molar-refractivity contribution in [3.8, 4) is 0 Å². The number of carbonyl (C=O) groups excluding carboxylic acids is 2. The summed E-state index contributed by atoms with van der Waals surface area (Å²) in [4.78, 5) is 27.1. The first-order valence-corrected chi connectivity index (χ1v) is 11.8. The van der Waals surface area contributed by atoms with Crippen LogP contribution in [0.1, 0.15) is 49.1 Å². The van der Waals surface area contributed by atoms with Crippen LogP contribution >= 0.6 is 0 Å². The van der Waals surface area contributed by atoms with Crippen molar-refractivity contribution in [2.45, 2.75) is 50.0 Å². The number of hydrogen-bond donors (Lipinski definition) is 1. The van der Waals surface area contributed by atoms with E-state index in [2.05, 4.69) is 35.6 Å². The highest BCUT2D eigenvalue weighted by Gasteiger charge is 2.38. The van der Waals surface area contributed by atoms with E-state index in [1.54, 1.807) is 0 Å². The molecule has 0 radical (unpaired) electrons. The van der Waals surface area contributed by atoms with Crippen molar-refractivity contribution in [2.24, 2.45) is 0 Å². The topological polar surface area (TPSA) is 49.4 Å². The standard InChI is InChI=1S/C28H29FN2O2/c29-25-9-7-22(8-10-25)24-13-16-31(19-24)27(33)12-15-28(14-11-26(32)30-28)18-20-5-6-21-3-1-2-4-23(21)17-20/h1-10,17,24H,11-16,18-19H2,(H,30,32)/t24-,28-/m0/s1. The molecular weight excluding hydrogens is 415 g/mol. The number of benzene rings is 3. The van der Waals surface area contributed by atoms with E-state index >= 15 is 0 Å². The lowest BCUT2D eigenvalue weighted by Crippen LogP contribution is -2.44. The van der Waals surface area contributed by atoms with Crippen molar-refractivity contribution in [1.82, 2.24) is 10.2 Å². The average molecular weight is 445 g/mol. The lowest BCUT2D eigenvalue weighted by Gasteiger charge is -2.30. The third-order valence-corrected chi connectivity index (χ3v) is 7.29. The largest absolute Gasteiger partial charge is 0.350 e. The zero-order valence-corrected chi connectivity index (χ0v) is 18.7. The molecule has 33 heavy (non-hydrogen) atoms. The molecule has 1 N–H and O–H groups in total. The van der Waals surface area contributed by atoms with Crippen LogP contribution in [-0.4, -0.2) is 35.3 Å². The molecule has 0 spiro atoms. The second-order valence-corrected chi connectivity index (χ2v) is 9.56. The van der Waals surface area contributed by atoms with Crippen LogP contribution in [0.5, 0.6) is 0 Å². The molecule has 5 rings (SSSR count). The predicted molar refractivity (Wildman–Crippen MR) is 127 cm³/mol. The van der Waals surface area contributed by atoms with Gasteiger partial charge in [0.05, 0.1) is 0 Å². The molecule has 4 nitrogen and oxygen atoms in total. The van der Waals surface area contributed by atoms with Gasteiger partial charge >= 0.3 is 0 Å². The highest BCUT2D eigenvalue weighted by Crippen LogP contribution is 2.32. The number of halogens is 1. The summed E-state index contributed by atoms with van der Waals surface area (Å²) in [6, 6.07) is 21.3. The molecule has 3 aromatic carbocycles. The Bertz CT molecular complexity index is 1180. The van der Waals surface area contributed by atoms with Crippen LogP contribution < -0.4 is 5.32 Å². The molecule has 2 aliphatic heterocycles. The summed E-state index contributed by atoms with van der Waals surface area (Å²) in [5.41, 5.74) is 1.90. The first-order valence-electron chi connectivity index (χ1n) is 11.8. The Morgan fingerprint density at radius 3 is 2.61 bits per heavy atom. The molecule has 0 aliphatic carbocycles. The molecule has 5 heteroatoms. The average Bonchev–Trinajstić information content (AvgIpc) is 3.46. The molecule has 0 aromatic heterocycles. The molecule has 170 valence electrons. The second-order valence-electron chi connectivity index (χ2n) is 9.56. The summed E-state index contributed by atoms with van der Waals surface area (Å²) in [5.74, 6) is 0.228. The summed E-state index contributed by atoms with van der Waals surface area (Å²) in [6.07, 6.45) is 3.96. The molecule has 0 unspecified atom stereocenters. The minimum atomic E-state index is -0.370. The Morgan fingerprint density at radius 2 is 1.85 bits per heavy atom. The minimum Gasteiger partial charge on any atom is -0.350 e. The van der Waals surface area contributed by atoms with Gasteiger partial charge in [0.15, 0.2) is 0 Å². The molecule has 0 saturated carbocycles. The smallest absolute Gasteiger partial charge is 0.222 e. The molecule has 2 saturated heterocycles. The predicted octanol–water partition coefficient (Wildman–Crippen LogP) is 4.97. The monoisotopic (exact) mass is 444 g/mol. The van der Waals surface area contributed by atoms with Gasteiger partial charge in [0.1, 0.15) is 5.82 Å². The minimum absolute atomic E-state index is 0.0702. The van der Waals surface area contributed by atoms with Gasteiger partial charge in [0, 0.05) is 37.4 Å². The van der Waals surface area contributed by atoms with E-state index < -0.39 is 0 Å². The van der Waals surface area contributed by atoms with Crippen LogP contribution in [0.2, 0.25) is 0 Å². The van der Waals surface area contributed by atoms with Gasteiger partial charge in [-0.25, -0.2) is 4.39 Å². The Kier molecular flexibility index (Phi) is 5.88. The highest BCUT2D eigenvalue weighted by molar-refractivity contribution is 5.83. The molecule has 2 atom stereocenters. The third kappa shape index (κ3) is 4.77. The van der Waals surface area contributed by atoms with E-state index in [1.807, 2.05) is 29.2 Å². The maximum Gasteiger partial charge on any atom is 0.222 e. The van der Waals surface area contributed by atoms with Gasteiger partial charge in [-0.15, -0.1) is 0 Å². The Balaban J connectivity index is 1.24. The van der Waals surface area contributed by atoms with Crippen molar-refractivity contribution in [2.75, 3.05) is 13.1 Å². The number of carbonyl (C=O) groups is 2. The summed E-state index contributed by atoms with van der Waals surface area (Å²) in [7, 11) is 0. The van der Waals surface area contributed by atoms with E-state index in [0.29, 0.717) is 25.8 Å². The molecule has 2 heterocycles. The number of nitrogens with one attached hydrogen (secondary N) is 1. The number of nitrogens with zero attached hydrogens (tertiary/aromatic N) is 1. The number of amides is 2. The van der Waals surface area contributed by atoms with E-state index in [-0.39, 0.29) is 29.1 Å². The fourth-order valence-electron chi connectivity index (χ4n) is 5.42. The van der Waals surface area contributed by atoms with Crippen molar-refractivity contribution < 1.29 is 14.0 Å². The van der Waals surface area contributed by atoms with Crippen molar-refractivity contribution in [3.05, 3.63) is 83.7 Å². The molecular formula is C28H29FN2O2. The van der Waals surface area contributed by atoms with Gasteiger partial charge in [0.2, 0.25) is 11.8 Å². The van der Waals surface area contributed by atoms with Crippen LogP contribution in [-0.2, 0) is 16.0 Å². The first-order chi connectivity index (χ1) is 16.0. The third-order valence-electron chi connectivity index (χ3n) is 7.29. The molecule has 0 bridgehead atoms. The number of hydrogen-bond acceptors (Lipinski definition) is 2. The van der Waals surface area contributed by atoms with Crippen molar-refractivity contribution >= 4 is 22.6 Å². The Hall–Kier alpha value is -3.21. The Morgan fingerprint density at radius 1 is 1.06 bits per heavy atom. The quantitative estimate of drug-likeness (QED) is 0.584. The van der Waals surface area contributed by atoms with Crippen LogP contribution in [0.4, 0.5) is 4.39 Å². The second kappa shape index (κ2) is 8.97. The van der Waals surface area contributed by atoms with E-state index in [1.165, 1.54) is 28.5 Å². The van der Waals surface area contributed by atoms with Gasteiger partial charge in [-0.2, -0.15) is 0 Å². The van der Waals surface area contributed by atoms with Gasteiger partial charge in [-0.3, -0.25) is 9.59 Å². The highest BCUT2D eigenvalue weighted by atomic mass is 19.1. The van der Waals surface area contributed by atoms with E-state index in [4.69, 9.17) is 0 Å². The SMILES string of the molecule is O=C1CC[C@](CCC(=O)N2CC[C@H](c3ccc(F)cc3)C2)(Cc2ccc3ccccc3c2)N1. The van der Waals surface area contributed by atoms with E-state index in [9.17, 15) is 14.0 Å². The normalized spacial score (nSPS) is 22.6. The zero-order valence-electron chi connectivity index (χ0n) is 18.7. The molecule has 2 aliphatic rings. The summed E-state index contributed by atoms with van der Waals surface area (Å²) < 4.78 is 13.2. The molecule has 3 aromatic rings. The molecule has 2 amide bonds. The van der Waals surface area contributed by atoms with Crippen LogP contribution in [0.3, 0.4) is 0 Å². The maximum atomic E-state index is 13.2. The maximum absolute atomic E-state index is 13.2. The lowest BCUT2D eigenvalue weighted by atomic mass is 9.84. The van der Waals surface area contributed by atoms with Crippen molar-refractivity contribution in [3.63, 3.8) is 0 Å². The van der Waals surface area contributed by atoms with Crippen LogP contribution in [0, 0.1) is 5.82 Å². The number of rotatable bonds is 6. The van der Waals surface area contributed by atoms with Crippen LogP contribution in [0.25, 0.3) is 10.8 Å². The van der Waals surface area contributed by atoms with Crippen LogP contribution in [0.15, 0.2) is 66.7 Å².